The Morgan fingerprint density at radius 3 is 2.61 bits per heavy atom. The molecule has 0 bridgehead atoms. The molecular weight excluding hydrogens is 288 g/mol. The molecule has 2 aromatic rings. The maximum absolute atomic E-state index is 12.3. The summed E-state index contributed by atoms with van der Waals surface area (Å²) in [5.74, 6) is 1.72. The van der Waals surface area contributed by atoms with E-state index in [2.05, 4.69) is 34.4 Å². The molecule has 1 heterocycles. The van der Waals surface area contributed by atoms with Gasteiger partial charge in [-0.15, -0.1) is 0 Å². The summed E-state index contributed by atoms with van der Waals surface area (Å²) >= 11 is 0. The van der Waals surface area contributed by atoms with Gasteiger partial charge in [0.05, 0.1) is 0 Å². The van der Waals surface area contributed by atoms with E-state index < -0.39 is 0 Å². The highest BCUT2D eigenvalue weighted by Crippen LogP contribution is 2.08. The smallest absolute Gasteiger partial charge is 0.270 e. The van der Waals surface area contributed by atoms with Crippen LogP contribution in [0.15, 0.2) is 36.4 Å². The first-order valence-corrected chi connectivity index (χ1v) is 7.96. The maximum atomic E-state index is 12.3. The van der Waals surface area contributed by atoms with Crippen LogP contribution in [-0.2, 0) is 6.54 Å². The highest BCUT2D eigenvalue weighted by atomic mass is 16.1. The van der Waals surface area contributed by atoms with Crippen molar-refractivity contribution in [3.8, 4) is 0 Å². The summed E-state index contributed by atoms with van der Waals surface area (Å²) in [5, 5.41) is 6.14. The summed E-state index contributed by atoms with van der Waals surface area (Å²) in [4.78, 5) is 20.8. The second kappa shape index (κ2) is 8.27. The van der Waals surface area contributed by atoms with Gasteiger partial charge in [0, 0.05) is 19.2 Å². The van der Waals surface area contributed by atoms with Crippen LogP contribution in [0.2, 0.25) is 0 Å². The summed E-state index contributed by atoms with van der Waals surface area (Å²) in [6.07, 6.45) is 1.05. The van der Waals surface area contributed by atoms with Crippen LogP contribution in [0.25, 0.3) is 0 Å². The van der Waals surface area contributed by atoms with Crippen molar-refractivity contribution >= 4 is 11.7 Å². The van der Waals surface area contributed by atoms with E-state index in [1.807, 2.05) is 30.3 Å². The van der Waals surface area contributed by atoms with Gasteiger partial charge in [0.15, 0.2) is 0 Å². The third kappa shape index (κ3) is 5.70. The van der Waals surface area contributed by atoms with Gasteiger partial charge < -0.3 is 10.6 Å². The van der Waals surface area contributed by atoms with Gasteiger partial charge in [-0.3, -0.25) is 4.79 Å². The number of aryl methyl sites for hydroxylation is 1. The van der Waals surface area contributed by atoms with Crippen LogP contribution in [-0.4, -0.2) is 22.4 Å². The number of aromatic nitrogens is 2. The molecule has 5 nitrogen and oxygen atoms in total. The molecule has 5 heteroatoms. The Bertz CT molecular complexity index is 641. The number of carbonyl (C=O) groups is 1. The zero-order valence-electron chi connectivity index (χ0n) is 14.0. The topological polar surface area (TPSA) is 66.9 Å². The van der Waals surface area contributed by atoms with Gasteiger partial charge >= 0.3 is 0 Å². The molecular formula is C18H24N4O. The zero-order valence-corrected chi connectivity index (χ0v) is 14.0. The second-order valence-electron chi connectivity index (χ2n) is 5.96. The standard InChI is InChI=1S/C18H24N4O/c1-13(2)9-10-19-17-11-16(21-14(3)22-17)18(23)20-12-15-7-5-4-6-8-15/h4-8,11,13H,9-10,12H2,1-3H3,(H,20,23)(H,19,21,22). The normalized spacial score (nSPS) is 10.6. The van der Waals surface area contributed by atoms with E-state index >= 15 is 0 Å². The van der Waals surface area contributed by atoms with Crippen molar-refractivity contribution in [3.63, 3.8) is 0 Å². The van der Waals surface area contributed by atoms with Crippen LogP contribution in [0.4, 0.5) is 5.82 Å². The van der Waals surface area contributed by atoms with E-state index in [9.17, 15) is 4.79 Å². The lowest BCUT2D eigenvalue weighted by Crippen LogP contribution is -2.24. The van der Waals surface area contributed by atoms with Gasteiger partial charge in [-0.05, 0) is 24.8 Å². The van der Waals surface area contributed by atoms with Gasteiger partial charge in [-0.2, -0.15) is 0 Å². The Morgan fingerprint density at radius 2 is 1.91 bits per heavy atom. The van der Waals surface area contributed by atoms with Crippen LogP contribution < -0.4 is 10.6 Å². The Hall–Kier alpha value is -2.43. The SMILES string of the molecule is Cc1nc(NCCC(C)C)cc(C(=O)NCc2ccccc2)n1. The molecule has 0 unspecified atom stereocenters. The molecule has 0 spiro atoms. The Balaban J connectivity index is 1.97. The fraction of sp³-hybridized carbons (Fsp3) is 0.389. The van der Waals surface area contributed by atoms with Crippen LogP contribution in [0, 0.1) is 12.8 Å². The van der Waals surface area contributed by atoms with Crippen LogP contribution in [0.3, 0.4) is 0 Å². The number of hydrogen-bond acceptors (Lipinski definition) is 4. The van der Waals surface area contributed by atoms with E-state index in [-0.39, 0.29) is 5.91 Å². The van der Waals surface area contributed by atoms with Gasteiger partial charge in [0.25, 0.3) is 5.91 Å². The Labute approximate surface area is 137 Å². The molecule has 23 heavy (non-hydrogen) atoms. The summed E-state index contributed by atoms with van der Waals surface area (Å²) in [5.41, 5.74) is 1.45. The molecule has 0 saturated heterocycles. The van der Waals surface area contributed by atoms with E-state index in [0.717, 1.165) is 18.5 Å². The number of hydrogen-bond donors (Lipinski definition) is 2. The monoisotopic (exact) mass is 312 g/mol. The lowest BCUT2D eigenvalue weighted by atomic mass is 10.1. The number of carbonyl (C=O) groups excluding carboxylic acids is 1. The van der Waals surface area contributed by atoms with E-state index in [1.54, 1.807) is 13.0 Å². The zero-order chi connectivity index (χ0) is 16.7. The van der Waals surface area contributed by atoms with Gasteiger partial charge in [-0.1, -0.05) is 44.2 Å². The highest BCUT2D eigenvalue weighted by molar-refractivity contribution is 5.92. The number of nitrogens with zero attached hydrogens (tertiary/aromatic N) is 2. The Kier molecular flexibility index (Phi) is 6.09. The lowest BCUT2D eigenvalue weighted by Gasteiger charge is -2.10. The number of benzene rings is 1. The molecule has 0 aliphatic carbocycles. The predicted molar refractivity (Wildman–Crippen MR) is 92.3 cm³/mol. The minimum absolute atomic E-state index is 0.189. The van der Waals surface area contributed by atoms with Crippen molar-refractivity contribution < 1.29 is 4.79 Å². The van der Waals surface area contributed by atoms with Crippen LogP contribution in [0.5, 0.6) is 0 Å². The number of rotatable bonds is 7. The van der Waals surface area contributed by atoms with Crippen molar-refractivity contribution in [3.05, 3.63) is 53.5 Å². The fourth-order valence-corrected chi connectivity index (χ4v) is 2.13. The molecule has 0 saturated carbocycles. The van der Waals surface area contributed by atoms with Crippen LogP contribution >= 0.6 is 0 Å². The van der Waals surface area contributed by atoms with Crippen LogP contribution in [0.1, 0.15) is 42.1 Å². The summed E-state index contributed by atoms with van der Waals surface area (Å²) in [6, 6.07) is 11.5. The molecule has 0 fully saturated rings. The summed E-state index contributed by atoms with van der Waals surface area (Å²) in [6.45, 7) is 7.46. The number of anilines is 1. The first-order valence-electron chi connectivity index (χ1n) is 7.96. The molecule has 0 atom stereocenters. The van der Waals surface area contributed by atoms with E-state index in [0.29, 0.717) is 29.8 Å². The molecule has 1 amide bonds. The quantitative estimate of drug-likeness (QED) is 0.824. The van der Waals surface area contributed by atoms with Crippen molar-refractivity contribution in [1.29, 1.82) is 0 Å². The Morgan fingerprint density at radius 1 is 1.17 bits per heavy atom. The number of nitrogens with one attached hydrogen (secondary N) is 2. The second-order valence-corrected chi connectivity index (χ2v) is 5.96. The summed E-state index contributed by atoms with van der Waals surface area (Å²) in [7, 11) is 0. The third-order valence-corrected chi connectivity index (χ3v) is 3.39. The molecule has 1 aromatic carbocycles. The minimum Gasteiger partial charge on any atom is -0.370 e. The van der Waals surface area contributed by atoms with Crippen molar-refractivity contribution in [1.82, 2.24) is 15.3 Å². The molecule has 2 rings (SSSR count). The first-order chi connectivity index (χ1) is 11.0. The average Bonchev–Trinajstić information content (AvgIpc) is 2.52. The summed E-state index contributed by atoms with van der Waals surface area (Å²) < 4.78 is 0. The lowest BCUT2D eigenvalue weighted by molar-refractivity contribution is 0.0945. The third-order valence-electron chi connectivity index (χ3n) is 3.39. The molecule has 2 N–H and O–H groups in total. The molecule has 0 aliphatic rings. The predicted octanol–water partition coefficient (Wildman–Crippen LogP) is 3.17. The number of amides is 1. The average molecular weight is 312 g/mol. The van der Waals surface area contributed by atoms with E-state index in [1.165, 1.54) is 0 Å². The van der Waals surface area contributed by atoms with Gasteiger partial charge in [-0.25, -0.2) is 9.97 Å². The molecule has 1 aromatic heterocycles. The molecule has 0 radical (unpaired) electrons. The maximum Gasteiger partial charge on any atom is 0.270 e. The first kappa shape index (κ1) is 16.9. The van der Waals surface area contributed by atoms with Gasteiger partial charge in [0.2, 0.25) is 0 Å². The highest BCUT2D eigenvalue weighted by Gasteiger charge is 2.10. The fourth-order valence-electron chi connectivity index (χ4n) is 2.13. The van der Waals surface area contributed by atoms with Crippen molar-refractivity contribution in [2.75, 3.05) is 11.9 Å². The van der Waals surface area contributed by atoms with Crippen molar-refractivity contribution in [2.45, 2.75) is 33.7 Å². The molecule has 122 valence electrons. The van der Waals surface area contributed by atoms with Crippen molar-refractivity contribution in [2.24, 2.45) is 5.92 Å². The largest absolute Gasteiger partial charge is 0.370 e. The minimum atomic E-state index is -0.189. The van der Waals surface area contributed by atoms with Gasteiger partial charge in [0.1, 0.15) is 17.3 Å². The van der Waals surface area contributed by atoms with E-state index in [4.69, 9.17) is 0 Å². The molecule has 0 aliphatic heterocycles.